The van der Waals surface area contributed by atoms with Gasteiger partial charge in [0, 0.05) is 13.1 Å². The molecule has 0 bridgehead atoms. The third-order valence-electron chi connectivity index (χ3n) is 3.67. The highest BCUT2D eigenvalue weighted by atomic mass is 32.2. The molecule has 0 radical (unpaired) electrons. The Bertz CT molecular complexity index is 696. The van der Waals surface area contributed by atoms with Gasteiger partial charge in [-0.1, -0.05) is 55.4 Å². The Labute approximate surface area is 146 Å². The van der Waals surface area contributed by atoms with Gasteiger partial charge in [-0.15, -0.1) is 5.10 Å². The van der Waals surface area contributed by atoms with Crippen LogP contribution in [0.15, 0.2) is 40.3 Å². The molecule has 2 rings (SSSR count). The lowest BCUT2D eigenvalue weighted by molar-refractivity contribution is -0.120. The van der Waals surface area contributed by atoms with Gasteiger partial charge in [-0.25, -0.2) is 9.89 Å². The molecule has 1 unspecified atom stereocenters. The molecule has 1 heterocycles. The van der Waals surface area contributed by atoms with E-state index < -0.39 is 0 Å². The van der Waals surface area contributed by atoms with Crippen LogP contribution >= 0.6 is 11.8 Å². The van der Waals surface area contributed by atoms with Crippen LogP contribution in [0.3, 0.4) is 0 Å². The zero-order chi connectivity index (χ0) is 17.4. The van der Waals surface area contributed by atoms with Crippen molar-refractivity contribution in [3.63, 3.8) is 0 Å². The molecule has 2 N–H and O–H groups in total. The SMILES string of the molecule is CCCCn1c(SC(C)C(=O)NCCc2ccccc2)n[nH]c1=O. The molecule has 1 aromatic carbocycles. The lowest BCUT2D eigenvalue weighted by Gasteiger charge is -2.12. The van der Waals surface area contributed by atoms with Crippen molar-refractivity contribution in [1.82, 2.24) is 20.1 Å². The van der Waals surface area contributed by atoms with Gasteiger partial charge < -0.3 is 5.32 Å². The van der Waals surface area contributed by atoms with Crippen LogP contribution in [-0.4, -0.2) is 32.5 Å². The van der Waals surface area contributed by atoms with Crippen molar-refractivity contribution in [1.29, 1.82) is 0 Å². The molecule has 0 aliphatic carbocycles. The van der Waals surface area contributed by atoms with E-state index in [4.69, 9.17) is 0 Å². The molecule has 1 aromatic heterocycles. The molecule has 0 saturated carbocycles. The van der Waals surface area contributed by atoms with E-state index in [9.17, 15) is 9.59 Å². The maximum atomic E-state index is 12.2. The summed E-state index contributed by atoms with van der Waals surface area (Å²) in [5.74, 6) is -0.0478. The van der Waals surface area contributed by atoms with Gasteiger partial charge in [0.15, 0.2) is 5.16 Å². The molecule has 0 fully saturated rings. The van der Waals surface area contributed by atoms with Crippen LogP contribution in [0.2, 0.25) is 0 Å². The van der Waals surface area contributed by atoms with Crippen molar-refractivity contribution < 1.29 is 4.79 Å². The van der Waals surface area contributed by atoms with Crippen LogP contribution in [-0.2, 0) is 17.8 Å². The van der Waals surface area contributed by atoms with Crippen molar-refractivity contribution in [3.8, 4) is 0 Å². The summed E-state index contributed by atoms with van der Waals surface area (Å²) in [7, 11) is 0. The number of thioether (sulfide) groups is 1. The number of aromatic amines is 1. The average Bonchev–Trinajstić information content (AvgIpc) is 2.93. The average molecular weight is 348 g/mol. The van der Waals surface area contributed by atoms with Crippen molar-refractivity contribution in [2.24, 2.45) is 0 Å². The number of carbonyl (C=O) groups is 1. The molecule has 0 aliphatic rings. The van der Waals surface area contributed by atoms with E-state index in [0.29, 0.717) is 18.2 Å². The zero-order valence-corrected chi connectivity index (χ0v) is 14.9. The molecule has 1 amide bonds. The topological polar surface area (TPSA) is 79.8 Å². The largest absolute Gasteiger partial charge is 0.355 e. The second-order valence-electron chi connectivity index (χ2n) is 5.60. The lowest BCUT2D eigenvalue weighted by Crippen LogP contribution is -2.32. The predicted octanol–water partition coefficient (Wildman–Crippen LogP) is 2.21. The summed E-state index contributed by atoms with van der Waals surface area (Å²) >= 11 is 1.30. The van der Waals surface area contributed by atoms with Crippen LogP contribution in [0.4, 0.5) is 0 Å². The molecule has 2 aromatic rings. The third kappa shape index (κ3) is 5.26. The molecule has 7 heteroatoms. The van der Waals surface area contributed by atoms with Crippen LogP contribution < -0.4 is 11.0 Å². The number of hydrogen-bond acceptors (Lipinski definition) is 4. The van der Waals surface area contributed by atoms with E-state index >= 15 is 0 Å². The first-order valence-corrected chi connectivity index (χ1v) is 9.13. The number of unbranched alkanes of at least 4 members (excludes halogenated alkanes) is 1. The fraction of sp³-hybridized carbons (Fsp3) is 0.471. The third-order valence-corrected chi connectivity index (χ3v) is 4.76. The second kappa shape index (κ2) is 9.32. The van der Waals surface area contributed by atoms with Crippen LogP contribution in [0.25, 0.3) is 0 Å². The number of nitrogens with one attached hydrogen (secondary N) is 2. The van der Waals surface area contributed by atoms with Gasteiger partial charge in [0.1, 0.15) is 0 Å². The van der Waals surface area contributed by atoms with Crippen molar-refractivity contribution in [3.05, 3.63) is 46.4 Å². The van der Waals surface area contributed by atoms with E-state index in [1.54, 1.807) is 4.57 Å². The summed E-state index contributed by atoms with van der Waals surface area (Å²) < 4.78 is 1.60. The minimum absolute atomic E-state index is 0.0478. The number of hydrogen-bond donors (Lipinski definition) is 2. The number of nitrogens with zero attached hydrogens (tertiary/aromatic N) is 2. The minimum atomic E-state index is -0.309. The number of rotatable bonds is 9. The Balaban J connectivity index is 1.84. The van der Waals surface area contributed by atoms with Gasteiger partial charge in [-0.05, 0) is 25.3 Å². The maximum Gasteiger partial charge on any atom is 0.343 e. The fourth-order valence-electron chi connectivity index (χ4n) is 2.24. The van der Waals surface area contributed by atoms with Crippen LogP contribution in [0.1, 0.15) is 32.3 Å². The van der Waals surface area contributed by atoms with Gasteiger partial charge in [-0.3, -0.25) is 9.36 Å². The highest BCUT2D eigenvalue weighted by molar-refractivity contribution is 8.00. The maximum absolute atomic E-state index is 12.2. The Kier molecular flexibility index (Phi) is 7.11. The molecule has 1 atom stereocenters. The van der Waals surface area contributed by atoms with Gasteiger partial charge in [0.05, 0.1) is 5.25 Å². The number of amides is 1. The van der Waals surface area contributed by atoms with Crippen LogP contribution in [0, 0.1) is 0 Å². The van der Waals surface area contributed by atoms with Crippen molar-refractivity contribution in [2.45, 2.75) is 50.1 Å². The summed E-state index contributed by atoms with van der Waals surface area (Å²) in [5.41, 5.74) is 0.974. The molecular formula is C17H24N4O2S. The second-order valence-corrected chi connectivity index (χ2v) is 6.91. The Morgan fingerprint density at radius 3 is 2.83 bits per heavy atom. The van der Waals surface area contributed by atoms with Gasteiger partial charge in [-0.2, -0.15) is 0 Å². The molecule has 0 saturated heterocycles. The minimum Gasteiger partial charge on any atom is -0.355 e. The summed E-state index contributed by atoms with van der Waals surface area (Å²) in [5, 5.41) is 9.68. The monoisotopic (exact) mass is 348 g/mol. The molecule has 0 spiro atoms. The molecule has 6 nitrogen and oxygen atoms in total. The van der Waals surface area contributed by atoms with Crippen LogP contribution in [0.5, 0.6) is 0 Å². The quantitative estimate of drug-likeness (QED) is 0.681. The van der Waals surface area contributed by atoms with E-state index in [1.165, 1.54) is 17.3 Å². The first-order valence-electron chi connectivity index (χ1n) is 8.25. The molecular weight excluding hydrogens is 324 g/mol. The van der Waals surface area contributed by atoms with Gasteiger partial charge in [0.2, 0.25) is 5.91 Å². The normalized spacial score (nSPS) is 12.1. The molecule has 130 valence electrons. The number of carbonyl (C=O) groups excluding carboxylic acids is 1. The number of H-pyrrole nitrogens is 1. The fourth-order valence-corrected chi connectivity index (χ4v) is 3.14. The van der Waals surface area contributed by atoms with Gasteiger partial charge >= 0.3 is 5.69 Å². The highest BCUT2D eigenvalue weighted by Crippen LogP contribution is 2.20. The summed E-state index contributed by atoms with van der Waals surface area (Å²) in [4.78, 5) is 24.0. The van der Waals surface area contributed by atoms with E-state index in [2.05, 4.69) is 22.4 Å². The standard InChI is InChI=1S/C17H24N4O2S/c1-3-4-12-21-16(23)19-20-17(21)24-13(2)15(22)18-11-10-14-8-6-5-7-9-14/h5-9,13H,3-4,10-12H2,1-2H3,(H,18,22)(H,19,23). The first kappa shape index (κ1) is 18.3. The summed E-state index contributed by atoms with van der Waals surface area (Å²) in [6.07, 6.45) is 2.70. The number of benzene rings is 1. The predicted molar refractivity (Wildman–Crippen MR) is 96.2 cm³/mol. The van der Waals surface area contributed by atoms with Crippen molar-refractivity contribution in [2.75, 3.05) is 6.54 Å². The zero-order valence-electron chi connectivity index (χ0n) is 14.1. The molecule has 24 heavy (non-hydrogen) atoms. The van der Waals surface area contributed by atoms with Gasteiger partial charge in [0.25, 0.3) is 0 Å². The summed E-state index contributed by atoms with van der Waals surface area (Å²) in [6.45, 7) is 5.11. The summed E-state index contributed by atoms with van der Waals surface area (Å²) in [6, 6.07) is 10.0. The highest BCUT2D eigenvalue weighted by Gasteiger charge is 2.18. The Hall–Kier alpha value is -2.02. The molecule has 0 aliphatic heterocycles. The Morgan fingerprint density at radius 2 is 2.12 bits per heavy atom. The smallest absolute Gasteiger partial charge is 0.343 e. The number of aromatic nitrogens is 3. The lowest BCUT2D eigenvalue weighted by atomic mass is 10.1. The van der Waals surface area contributed by atoms with E-state index in [0.717, 1.165) is 19.3 Å². The first-order chi connectivity index (χ1) is 11.6. The van der Waals surface area contributed by atoms with E-state index in [-0.39, 0.29) is 16.8 Å². The van der Waals surface area contributed by atoms with Crippen molar-refractivity contribution >= 4 is 17.7 Å². The Morgan fingerprint density at radius 1 is 1.38 bits per heavy atom. The van der Waals surface area contributed by atoms with E-state index in [1.807, 2.05) is 37.3 Å².